The van der Waals surface area contributed by atoms with Crippen molar-refractivity contribution in [3.05, 3.63) is 123 Å². The van der Waals surface area contributed by atoms with Gasteiger partial charge < -0.3 is 151 Å². The molecular weight excluding hydrogens is 2170 g/mol. The molecule has 3 aromatic carbocycles. The van der Waals surface area contributed by atoms with Crippen LogP contribution < -0.4 is 103 Å². The van der Waals surface area contributed by atoms with Crippen molar-refractivity contribution in [2.45, 2.75) is 200 Å². The number of esters is 1. The summed E-state index contributed by atoms with van der Waals surface area (Å²) in [4.78, 5) is 246. The Morgan fingerprint density at radius 2 is 1.34 bits per heavy atom. The number of methoxy groups -OCH3 is 2. The number of hydrazine groups is 1. The maximum atomic E-state index is 15.7. The zero-order valence-electron chi connectivity index (χ0n) is 81.1. The van der Waals surface area contributed by atoms with E-state index in [4.69, 9.17) is 31.1 Å². The summed E-state index contributed by atoms with van der Waals surface area (Å²) in [6, 6.07) is 3.36. The number of benzene rings is 3. The van der Waals surface area contributed by atoms with Crippen LogP contribution in [0.1, 0.15) is 149 Å². The molecule has 53 nitrogen and oxygen atoms in total. The predicted octanol–water partition coefficient (Wildman–Crippen LogP) is -3.56. The molecule has 2 saturated heterocycles. The van der Waals surface area contributed by atoms with Gasteiger partial charge in [-0.05, 0) is 131 Å². The number of aliphatic hydroxyl groups excluding tert-OH is 1. The van der Waals surface area contributed by atoms with Crippen LogP contribution in [-0.2, 0) is 121 Å². The van der Waals surface area contributed by atoms with E-state index >= 15 is 9.59 Å². The number of ether oxygens (including phenoxy) is 3. The van der Waals surface area contributed by atoms with E-state index in [1.165, 1.54) is 44.7 Å². The Hall–Kier alpha value is -13.9. The number of nitrogen functional groups attached to an aromatic ring is 1. The van der Waals surface area contributed by atoms with Gasteiger partial charge in [0, 0.05) is 125 Å². The fourth-order valence-corrected chi connectivity index (χ4v) is 22.9. The second-order valence-electron chi connectivity index (χ2n) is 36.8. The smallest absolute Gasteiger partial charge is 0.549 e. The average molecular weight is 2290 g/mol. The number of carbonyl (C=O) groups excluding carboxylic acids is 11. The fraction of sp³-hybridized carbons (Fsp3) is 0.511. The summed E-state index contributed by atoms with van der Waals surface area (Å²) < 4.78 is 17.8. The normalized spacial score (nSPS) is 23.0. The summed E-state index contributed by atoms with van der Waals surface area (Å²) in [5.74, 6) is -22.3. The minimum absolute atomic E-state index is 0. The zero-order chi connectivity index (χ0) is 106. The molecule has 13 rings (SSSR count). The number of fused-ring (bicyclic) bond motifs is 7. The largest absolute Gasteiger partial charge is 2.00 e. The Labute approximate surface area is 866 Å². The van der Waals surface area contributed by atoms with Gasteiger partial charge in [-0.3, -0.25) is 83.2 Å². The number of para-hydroxylation sites is 1. The van der Waals surface area contributed by atoms with E-state index in [2.05, 4.69) is 82.8 Å². The Bertz CT molecular complexity index is 6110. The molecule has 56 heteroatoms. The molecular formula is C92H121N23O30PtS2. The maximum Gasteiger partial charge on any atom is 2.00 e. The quantitative estimate of drug-likeness (QED) is 0.00257. The van der Waals surface area contributed by atoms with Crippen molar-refractivity contribution in [2.75, 3.05) is 94.6 Å². The van der Waals surface area contributed by atoms with Crippen LogP contribution in [-0.4, -0.2) is 321 Å². The molecule has 2 bridgehead atoms. The summed E-state index contributed by atoms with van der Waals surface area (Å²) in [6.07, 6.45) is -0.748. The Balaban J connectivity index is 0.00000176. The topological polar surface area (TPSA) is 872 Å². The van der Waals surface area contributed by atoms with Gasteiger partial charge in [0.2, 0.25) is 35.5 Å². The van der Waals surface area contributed by atoms with E-state index in [1.54, 1.807) is 18.0 Å². The number of likely N-dealkylation sites (N-methyl/N-ethyl adjacent to an activating group) is 1. The summed E-state index contributed by atoms with van der Waals surface area (Å²) in [6.45, 7) is 5.78. The molecule has 7 aliphatic rings. The molecule has 3 aromatic heterocycles. The van der Waals surface area contributed by atoms with Crippen molar-refractivity contribution >= 4 is 162 Å². The van der Waals surface area contributed by atoms with Crippen LogP contribution in [0, 0.1) is 22.2 Å². The molecule has 806 valence electrons. The zero-order valence-corrected chi connectivity index (χ0v) is 85.0. The Morgan fingerprint density at radius 3 is 1.92 bits per heavy atom. The molecule has 1 spiro atoms. The Morgan fingerprint density at radius 1 is 0.716 bits per heavy atom. The van der Waals surface area contributed by atoms with Gasteiger partial charge in [0.05, 0.1) is 75.5 Å². The van der Waals surface area contributed by atoms with Gasteiger partial charge >= 0.3 is 63.0 Å². The van der Waals surface area contributed by atoms with Gasteiger partial charge in [-0.2, -0.15) is 4.98 Å². The second-order valence-corrected chi connectivity index (χ2v) is 39.4. The number of piperidine rings is 1. The van der Waals surface area contributed by atoms with Crippen molar-refractivity contribution in [3.63, 3.8) is 0 Å². The first-order valence-corrected chi connectivity index (χ1v) is 48.9. The van der Waals surface area contributed by atoms with Gasteiger partial charge in [-0.25, -0.2) is 29.8 Å². The van der Waals surface area contributed by atoms with E-state index in [-0.39, 0.29) is 119 Å². The molecule has 4 fully saturated rings. The van der Waals surface area contributed by atoms with Crippen LogP contribution >= 0.6 is 21.6 Å². The van der Waals surface area contributed by atoms with Crippen molar-refractivity contribution < 1.29 is 163 Å². The van der Waals surface area contributed by atoms with Crippen LogP contribution in [0.5, 0.6) is 5.75 Å². The number of nitrogens with two attached hydrogens (primary N) is 2. The number of anilines is 3. The van der Waals surface area contributed by atoms with Crippen LogP contribution in [0.4, 0.5) is 22.1 Å². The summed E-state index contributed by atoms with van der Waals surface area (Å²) in [7, 11) is 6.24. The number of carboxylic acid groups (broad SMARTS) is 7. The summed E-state index contributed by atoms with van der Waals surface area (Å²) in [5, 5.41) is 136. The molecule has 5 aliphatic heterocycles. The number of rotatable bonds is 43. The molecule has 2 saturated carbocycles. The van der Waals surface area contributed by atoms with E-state index in [0.717, 1.165) is 38.1 Å². The molecule has 0 radical (unpaired) electrons. The monoisotopic (exact) mass is 2290 g/mol. The second kappa shape index (κ2) is 49.7. The van der Waals surface area contributed by atoms with Crippen molar-refractivity contribution in [1.82, 2.24) is 95.1 Å². The molecule has 6 aromatic rings. The molecule has 16 atom stereocenters. The fourth-order valence-electron chi connectivity index (χ4n) is 20.9. The van der Waals surface area contributed by atoms with Gasteiger partial charge in [-0.1, -0.05) is 72.2 Å². The third-order valence-corrected chi connectivity index (χ3v) is 30.2. The molecule has 2 aliphatic carbocycles. The molecule has 1 unspecified atom stereocenters. The summed E-state index contributed by atoms with van der Waals surface area (Å²) in [5.41, 5.74) is 9.85. The van der Waals surface area contributed by atoms with E-state index in [1.807, 2.05) is 61.6 Å². The first-order chi connectivity index (χ1) is 68.8. The third-order valence-electron chi connectivity index (χ3n) is 27.8. The minimum Gasteiger partial charge on any atom is -0.549 e. The number of nitrogens with one attached hydrogen (secondary N) is 13. The molecule has 8 amide bonds. The van der Waals surface area contributed by atoms with Crippen LogP contribution in [0.3, 0.4) is 0 Å². The standard InChI is InChI=1S/C86H109N21O26S2.C6H8O4.2H3N.Pt/c1-6-82(129)35-42-36-85(78(127)132-5,64-47(21-26-106(39-42)41-82)46-12-8-9-13-50(46)95-64)49-30-48-57(34-58(49)131-4)105(3)75-84(48)23-27-107-25-11-22-83(7-2,74(84)107)76(125)86(75,130)77(126)103-104-81(128)133-28-29-134-135-40-56(73(123)124)100-70(119)55(33-62(113)114)99-69(118)54(32-61(111)112)98-67(116)51(14-10-24-90-79(87)88)96-68(117)53(31-60(109)110)94-59(108)20-19-52(72(121)122)97-66(115)43-15-17-44(18-16-43)91-37-45-38-92-65-63(93-45)71(120)102-80(89)101-65;7-4(8)6(5(9)10)2-1-3-6;;;/h8-9,11-13,15-18,22,30,34,38,42,51-56,74-76,91,95,125,129-130H,6-7,10,14,19-21,23-29,31-33,35-37,39-41H2,1-5H3,(H,94,108)(H,96,117)(H,97,115)(H,98,116)(H,99,118)(H,100,119)(H,103,126)(H,104,128)(H,109,110)(H,111,112)(H,113,114)(H,121,122)(H,123,124)(H4,87,88,90)(H3,89,92,101,102,120);1-3H2,(H,7,8)(H,9,10);2*1H3;/q;;;;+2/p-2/t42-,51+,52+,53+,54+,55+,56+,74+,75-,76-,82+,83-,84-,85+,86+;;;;/m1..../s1. The number of carboxylic acids is 7. The van der Waals surface area contributed by atoms with Crippen LogP contribution in [0.15, 0.2) is 83.8 Å². The first kappa shape index (κ1) is 118. The number of amides is 8. The van der Waals surface area contributed by atoms with E-state index < -0.39 is 245 Å². The number of aliphatic hydroxyl groups is 3. The van der Waals surface area contributed by atoms with E-state index in [9.17, 15) is 123 Å². The average Bonchev–Trinajstić information content (AvgIpc) is 1.47. The van der Waals surface area contributed by atoms with Gasteiger partial charge in [0.15, 0.2) is 22.7 Å². The number of hydrogen-bond donors (Lipinski definition) is 25. The Kier molecular flexibility index (Phi) is 39.5. The van der Waals surface area contributed by atoms with Crippen molar-refractivity contribution in [3.8, 4) is 5.75 Å². The van der Waals surface area contributed by atoms with E-state index in [0.29, 0.717) is 98.7 Å². The molecule has 8 heterocycles. The summed E-state index contributed by atoms with van der Waals surface area (Å²) >= 11 is 0. The maximum absolute atomic E-state index is 15.7. The third kappa shape index (κ3) is 25.2. The van der Waals surface area contributed by atoms with Gasteiger partial charge in [0.25, 0.3) is 17.4 Å². The number of H-pyrrole nitrogens is 2. The van der Waals surface area contributed by atoms with Gasteiger partial charge in [-0.15, -0.1) is 0 Å². The minimum atomic E-state index is -2.76. The number of guanidine groups is 1. The number of hydrogen-bond acceptors (Lipinski definition) is 38. The number of aliphatic carboxylic acids is 7. The predicted molar refractivity (Wildman–Crippen MR) is 520 cm³/mol. The SMILES string of the molecule is CC[C@]1(O)C[C@H]2CN(CCc3c([nH]c4ccccc34)[C@@](C(=O)OC)(c3cc4c(cc3OC)N(C)[C@H]3[C@@](O)(C(=O)NNC(=O)OCCSSC[C@H](NC(=O)[C@H](CC(=O)O)NC(=O)[C@H](CC(=O)O)NC(=O)[C@H](CCCNC(=N)N)NC(=O)[C@H](CC(=O)O)NC(=O)CC[C@H](NC(=O)c5ccc(NCc6cnc7nc(N)[nH]c(=O)c7n6)cc5)C(=O)O)C(=O)O)[C@H](O)[C@]5(CC)C=CCN6CC[C@]43[C@@H]65)C2)C1.N.N.O=C([O-])C1(C(=O)[O-])CCC1.[Pt+2]. The first-order valence-electron chi connectivity index (χ1n) is 46.4. The number of nitrogens with zero attached hydrogens (tertiary/aromatic N) is 6. The molecule has 148 heavy (non-hydrogen) atoms. The number of aromatic nitrogens is 5. The molecule has 31 N–H and O–H groups in total. The van der Waals surface area contributed by atoms with Crippen LogP contribution in [0.25, 0.3) is 22.1 Å². The van der Waals surface area contributed by atoms with Crippen LogP contribution in [0.2, 0.25) is 0 Å². The number of aromatic amines is 2. The number of carbonyl (C=O) groups is 16. The van der Waals surface area contributed by atoms with Gasteiger partial charge in [0.1, 0.15) is 60.1 Å². The van der Waals surface area contributed by atoms with Crippen molar-refractivity contribution in [2.24, 2.45) is 22.5 Å². The van der Waals surface area contributed by atoms with Crippen molar-refractivity contribution in [1.29, 1.82) is 5.41 Å².